The third-order valence-electron chi connectivity index (χ3n) is 4.60. The average molecular weight is 521 g/mol. The number of nitrogens with zero attached hydrogens (tertiary/aromatic N) is 1. The molecule has 0 amide bonds. The molecule has 1 aliphatic heterocycles. The van der Waals surface area contributed by atoms with Crippen molar-refractivity contribution in [2.45, 2.75) is 36.6 Å². The highest BCUT2D eigenvalue weighted by Gasteiger charge is 2.37. The predicted molar refractivity (Wildman–Crippen MR) is 114 cm³/mol. The molecule has 0 atom stereocenters. The maximum absolute atomic E-state index is 14.4. The number of aromatic nitrogens is 1. The van der Waals surface area contributed by atoms with Crippen LogP contribution in [-0.4, -0.2) is 24.0 Å². The summed E-state index contributed by atoms with van der Waals surface area (Å²) in [6, 6.07) is 4.69. The van der Waals surface area contributed by atoms with Crippen molar-refractivity contribution in [2.24, 2.45) is 0 Å². The molecule has 10 heteroatoms. The number of fused-ring (bicyclic) bond motifs is 1. The standard InChI is InChI=1S/C17H17FIN3O3S2/c1-9-14(20-13-5-2-10(19)8-12(13)18)15(21-27(24,25)11-3-4-11)17-22(16(9)23)6-7-26-17/h2,5,8,11,20-21H,3-4,6-7H2,1H3. The monoisotopic (exact) mass is 521 g/mol. The summed E-state index contributed by atoms with van der Waals surface area (Å²) in [5, 5.41) is 3.13. The number of hydrogen-bond acceptors (Lipinski definition) is 5. The van der Waals surface area contributed by atoms with Gasteiger partial charge in [-0.25, -0.2) is 12.8 Å². The molecule has 0 spiro atoms. The van der Waals surface area contributed by atoms with Crippen molar-refractivity contribution >= 4 is 61.4 Å². The molecule has 0 unspecified atom stereocenters. The Morgan fingerprint density at radius 1 is 1.30 bits per heavy atom. The van der Waals surface area contributed by atoms with E-state index >= 15 is 0 Å². The van der Waals surface area contributed by atoms with Gasteiger partial charge in [0.15, 0.2) is 0 Å². The molecule has 2 aromatic rings. The number of benzene rings is 1. The molecule has 1 fully saturated rings. The van der Waals surface area contributed by atoms with Crippen LogP contribution in [0.15, 0.2) is 28.0 Å². The first-order valence-corrected chi connectivity index (χ1v) is 12.0. The molecule has 6 nitrogen and oxygen atoms in total. The molecule has 1 aromatic carbocycles. The van der Waals surface area contributed by atoms with E-state index < -0.39 is 21.1 Å². The lowest BCUT2D eigenvalue weighted by atomic mass is 10.2. The van der Waals surface area contributed by atoms with Crippen LogP contribution in [0.3, 0.4) is 0 Å². The number of pyridine rings is 1. The van der Waals surface area contributed by atoms with Crippen molar-refractivity contribution in [3.63, 3.8) is 0 Å². The predicted octanol–water partition coefficient (Wildman–Crippen LogP) is 3.65. The van der Waals surface area contributed by atoms with Gasteiger partial charge in [0, 0.05) is 21.4 Å². The molecule has 2 heterocycles. The smallest absolute Gasteiger partial charge is 0.256 e. The van der Waals surface area contributed by atoms with Crippen molar-refractivity contribution in [3.05, 3.63) is 43.5 Å². The van der Waals surface area contributed by atoms with Crippen molar-refractivity contribution in [2.75, 3.05) is 15.8 Å². The van der Waals surface area contributed by atoms with Gasteiger partial charge in [0.2, 0.25) is 10.0 Å². The second-order valence-electron chi connectivity index (χ2n) is 6.58. The molecule has 1 saturated carbocycles. The van der Waals surface area contributed by atoms with Crippen molar-refractivity contribution in [1.29, 1.82) is 0 Å². The van der Waals surface area contributed by atoms with Crippen LogP contribution >= 0.6 is 34.4 Å². The van der Waals surface area contributed by atoms with Gasteiger partial charge in [0.1, 0.15) is 16.5 Å². The first-order valence-electron chi connectivity index (χ1n) is 8.42. The van der Waals surface area contributed by atoms with E-state index in [1.807, 2.05) is 22.6 Å². The van der Waals surface area contributed by atoms with E-state index in [1.54, 1.807) is 23.6 Å². The van der Waals surface area contributed by atoms with Gasteiger partial charge in [-0.15, -0.1) is 11.8 Å². The van der Waals surface area contributed by atoms with Crippen LogP contribution in [0.4, 0.5) is 21.5 Å². The molecular formula is C17H17FIN3O3S2. The Bertz CT molecular complexity index is 1100. The van der Waals surface area contributed by atoms with Crippen molar-refractivity contribution < 1.29 is 12.8 Å². The average Bonchev–Trinajstić information content (AvgIpc) is 3.36. The van der Waals surface area contributed by atoms with E-state index in [0.717, 1.165) is 3.57 Å². The second-order valence-corrected chi connectivity index (χ2v) is 10.9. The minimum atomic E-state index is -3.54. The van der Waals surface area contributed by atoms with Gasteiger partial charge in [-0.05, 0) is 60.6 Å². The Hall–Kier alpha value is -1.27. The summed E-state index contributed by atoms with van der Waals surface area (Å²) in [4.78, 5) is 12.7. The Labute approximate surface area is 174 Å². The van der Waals surface area contributed by atoms with Gasteiger partial charge in [-0.3, -0.25) is 9.52 Å². The highest BCUT2D eigenvalue weighted by Crippen LogP contribution is 2.41. The van der Waals surface area contributed by atoms with Crippen LogP contribution in [0.25, 0.3) is 0 Å². The molecular weight excluding hydrogens is 504 g/mol. The first kappa shape index (κ1) is 19.1. The SMILES string of the molecule is Cc1c(Nc2ccc(I)cc2F)c(NS(=O)(=O)C2CC2)c2n(c1=O)CCS2. The summed E-state index contributed by atoms with van der Waals surface area (Å²) in [7, 11) is -3.54. The Kier molecular flexibility index (Phi) is 4.91. The van der Waals surface area contributed by atoms with E-state index in [1.165, 1.54) is 17.8 Å². The number of thioether (sulfide) groups is 1. The van der Waals surface area contributed by atoms with E-state index in [4.69, 9.17) is 0 Å². The molecule has 144 valence electrons. The molecule has 0 radical (unpaired) electrons. The van der Waals surface area contributed by atoms with E-state index in [-0.39, 0.29) is 11.2 Å². The Morgan fingerprint density at radius 3 is 2.70 bits per heavy atom. The second kappa shape index (κ2) is 6.96. The van der Waals surface area contributed by atoms with E-state index in [2.05, 4.69) is 10.0 Å². The van der Waals surface area contributed by atoms with Crippen LogP contribution in [0.1, 0.15) is 18.4 Å². The minimum absolute atomic E-state index is 0.192. The van der Waals surface area contributed by atoms with Gasteiger partial charge in [-0.1, -0.05) is 0 Å². The lowest BCUT2D eigenvalue weighted by Gasteiger charge is -2.20. The normalized spacial score (nSPS) is 16.3. The van der Waals surface area contributed by atoms with Crippen LogP contribution < -0.4 is 15.6 Å². The molecule has 0 saturated heterocycles. The Balaban J connectivity index is 1.86. The highest BCUT2D eigenvalue weighted by atomic mass is 127. The lowest BCUT2D eigenvalue weighted by molar-refractivity contribution is 0.599. The maximum atomic E-state index is 14.4. The number of anilines is 3. The van der Waals surface area contributed by atoms with Crippen LogP contribution in [-0.2, 0) is 16.6 Å². The van der Waals surface area contributed by atoms with Gasteiger partial charge in [0.25, 0.3) is 5.56 Å². The maximum Gasteiger partial charge on any atom is 0.256 e. The number of rotatable bonds is 5. The topological polar surface area (TPSA) is 80.2 Å². The zero-order valence-electron chi connectivity index (χ0n) is 14.4. The fourth-order valence-corrected chi connectivity index (χ4v) is 6.02. The Morgan fingerprint density at radius 2 is 2.04 bits per heavy atom. The van der Waals surface area contributed by atoms with Gasteiger partial charge in [-0.2, -0.15) is 0 Å². The van der Waals surface area contributed by atoms with Gasteiger partial charge >= 0.3 is 0 Å². The molecule has 0 bridgehead atoms. The molecule has 1 aromatic heterocycles. The van der Waals surface area contributed by atoms with Crippen molar-refractivity contribution in [1.82, 2.24) is 4.57 Å². The molecule has 27 heavy (non-hydrogen) atoms. The van der Waals surface area contributed by atoms with Gasteiger partial charge in [0.05, 0.1) is 16.6 Å². The third-order valence-corrected chi connectivity index (χ3v) is 8.20. The lowest BCUT2D eigenvalue weighted by Crippen LogP contribution is -2.26. The van der Waals surface area contributed by atoms with Crippen molar-refractivity contribution in [3.8, 4) is 0 Å². The largest absolute Gasteiger partial charge is 0.351 e. The first-order chi connectivity index (χ1) is 12.8. The minimum Gasteiger partial charge on any atom is -0.351 e. The summed E-state index contributed by atoms with van der Waals surface area (Å²) >= 11 is 3.43. The number of sulfonamides is 1. The number of nitrogens with one attached hydrogen (secondary N) is 2. The summed E-state index contributed by atoms with van der Waals surface area (Å²) in [6.07, 6.45) is 1.26. The zero-order valence-corrected chi connectivity index (χ0v) is 18.2. The summed E-state index contributed by atoms with van der Waals surface area (Å²) in [5.41, 5.74) is 0.993. The molecule has 2 N–H and O–H groups in total. The molecule has 4 rings (SSSR count). The van der Waals surface area contributed by atoms with Crippen LogP contribution in [0.2, 0.25) is 0 Å². The third kappa shape index (κ3) is 3.58. The number of halogens is 2. The van der Waals surface area contributed by atoms with Gasteiger partial charge < -0.3 is 9.88 Å². The molecule has 2 aliphatic rings. The number of hydrogen-bond donors (Lipinski definition) is 2. The van der Waals surface area contributed by atoms with Crippen LogP contribution in [0, 0.1) is 16.3 Å². The quantitative estimate of drug-likeness (QED) is 0.588. The van der Waals surface area contributed by atoms with E-state index in [9.17, 15) is 17.6 Å². The zero-order chi connectivity index (χ0) is 19.3. The molecule has 1 aliphatic carbocycles. The fraction of sp³-hybridized carbons (Fsp3) is 0.353. The fourth-order valence-electron chi connectivity index (χ4n) is 3.00. The van der Waals surface area contributed by atoms with E-state index in [0.29, 0.717) is 47.1 Å². The van der Waals surface area contributed by atoms with Crippen LogP contribution in [0.5, 0.6) is 0 Å². The highest BCUT2D eigenvalue weighted by molar-refractivity contribution is 14.1. The summed E-state index contributed by atoms with van der Waals surface area (Å²) in [6.45, 7) is 2.15. The summed E-state index contributed by atoms with van der Waals surface area (Å²) < 4.78 is 44.5. The summed E-state index contributed by atoms with van der Waals surface area (Å²) in [5.74, 6) is 0.222.